The average molecular weight is 515 g/mol. The molecule has 3 rings (SSSR count). The predicted octanol–water partition coefficient (Wildman–Crippen LogP) is 5.41. The van der Waals surface area contributed by atoms with Gasteiger partial charge in [0, 0.05) is 10.6 Å². The number of nitrogens with one attached hydrogen (secondary N) is 1. The Balaban J connectivity index is 1.58. The summed E-state index contributed by atoms with van der Waals surface area (Å²) in [5.41, 5.74) is 2.78. The number of hydrogen-bond donors (Lipinski definition) is 1. The van der Waals surface area contributed by atoms with Gasteiger partial charge in [0.1, 0.15) is 12.4 Å². The van der Waals surface area contributed by atoms with Crippen LogP contribution in [0.15, 0.2) is 72.8 Å². The van der Waals surface area contributed by atoms with Crippen LogP contribution in [0.5, 0.6) is 5.75 Å². The maximum atomic E-state index is 12.5. The zero-order valence-corrected chi connectivity index (χ0v) is 22.0. The molecule has 0 fully saturated rings. The average Bonchev–Trinajstić information content (AvgIpc) is 2.79. The Bertz CT molecular complexity index is 1270. The summed E-state index contributed by atoms with van der Waals surface area (Å²) in [5.74, 6) is 0.591. The van der Waals surface area contributed by atoms with Crippen LogP contribution in [0.4, 0.5) is 5.69 Å². The lowest BCUT2D eigenvalue weighted by Crippen LogP contribution is -2.29. The molecule has 35 heavy (non-hydrogen) atoms. The highest BCUT2D eigenvalue weighted by molar-refractivity contribution is 7.92. The monoisotopic (exact) mass is 514 g/mol. The fraction of sp³-hybridized carbons (Fsp3) is 0.296. The van der Waals surface area contributed by atoms with Crippen molar-refractivity contribution >= 4 is 33.2 Å². The molecule has 0 aliphatic rings. The summed E-state index contributed by atoms with van der Waals surface area (Å²) >= 11 is 6.04. The van der Waals surface area contributed by atoms with E-state index in [1.165, 1.54) is 4.31 Å². The third-order valence-electron chi connectivity index (χ3n) is 5.38. The number of anilines is 1. The quantitative estimate of drug-likeness (QED) is 0.387. The van der Waals surface area contributed by atoms with Crippen LogP contribution in [-0.4, -0.2) is 33.7 Å². The summed E-state index contributed by atoms with van der Waals surface area (Å²) in [6.07, 6.45) is 1.15. The molecule has 186 valence electrons. The van der Waals surface area contributed by atoms with Crippen molar-refractivity contribution in [3.8, 4) is 5.75 Å². The maximum Gasteiger partial charge on any atom is 0.251 e. The number of rotatable bonds is 9. The third kappa shape index (κ3) is 7.47. The van der Waals surface area contributed by atoms with Crippen molar-refractivity contribution in [2.45, 2.75) is 32.7 Å². The molecular formula is C27H31ClN2O4S. The molecule has 0 aliphatic heterocycles. The van der Waals surface area contributed by atoms with Crippen LogP contribution in [0.1, 0.15) is 42.3 Å². The van der Waals surface area contributed by atoms with Gasteiger partial charge < -0.3 is 10.1 Å². The smallest absolute Gasteiger partial charge is 0.251 e. The first-order valence-electron chi connectivity index (χ1n) is 11.3. The lowest BCUT2D eigenvalue weighted by Gasteiger charge is -2.23. The molecule has 8 heteroatoms. The number of para-hydroxylation sites is 1. The van der Waals surface area contributed by atoms with Gasteiger partial charge in [0.25, 0.3) is 5.91 Å². The van der Waals surface area contributed by atoms with E-state index in [0.29, 0.717) is 29.4 Å². The number of amides is 1. The van der Waals surface area contributed by atoms with Crippen LogP contribution in [0, 0.1) is 0 Å². The van der Waals surface area contributed by atoms with Crippen molar-refractivity contribution in [2.75, 3.05) is 23.7 Å². The Morgan fingerprint density at radius 1 is 1.00 bits per heavy atom. The van der Waals surface area contributed by atoms with E-state index in [1.807, 2.05) is 24.3 Å². The highest BCUT2D eigenvalue weighted by atomic mass is 35.5. The number of carbonyl (C=O) groups excluding carboxylic acids is 1. The molecule has 3 aromatic carbocycles. The summed E-state index contributed by atoms with van der Waals surface area (Å²) in [6, 6.07) is 21.4. The van der Waals surface area contributed by atoms with E-state index in [4.69, 9.17) is 16.3 Å². The second kappa shape index (κ2) is 11.1. The van der Waals surface area contributed by atoms with E-state index in [2.05, 4.69) is 26.1 Å². The van der Waals surface area contributed by atoms with Gasteiger partial charge >= 0.3 is 0 Å². The highest BCUT2D eigenvalue weighted by Gasteiger charge is 2.19. The summed E-state index contributed by atoms with van der Waals surface area (Å²) in [7, 11) is -3.53. The fourth-order valence-corrected chi connectivity index (χ4v) is 4.66. The van der Waals surface area contributed by atoms with Crippen molar-refractivity contribution in [3.05, 3.63) is 94.5 Å². The van der Waals surface area contributed by atoms with Gasteiger partial charge in [-0.05, 0) is 52.9 Å². The Morgan fingerprint density at radius 2 is 1.69 bits per heavy atom. The van der Waals surface area contributed by atoms with Crippen LogP contribution >= 0.6 is 11.6 Å². The fourth-order valence-electron chi connectivity index (χ4n) is 3.60. The van der Waals surface area contributed by atoms with E-state index in [9.17, 15) is 13.2 Å². The van der Waals surface area contributed by atoms with E-state index in [-0.39, 0.29) is 17.9 Å². The Morgan fingerprint density at radius 3 is 2.31 bits per heavy atom. The predicted molar refractivity (Wildman–Crippen MR) is 142 cm³/mol. The van der Waals surface area contributed by atoms with Crippen LogP contribution < -0.4 is 14.4 Å². The standard InChI is InChI=1S/C27H31ClN2O4S/c1-27(2,3)24-10-5-6-11-25(24)34-17-16-29-26(31)21-14-12-20(13-15-21)19-30(35(4,32)33)23-9-7-8-22(28)18-23/h5-15,18H,16-17,19H2,1-4H3,(H,29,31). The van der Waals surface area contributed by atoms with Crippen LogP contribution in [-0.2, 0) is 22.0 Å². The van der Waals surface area contributed by atoms with Crippen molar-refractivity contribution in [1.29, 1.82) is 0 Å². The minimum atomic E-state index is -3.53. The molecule has 0 heterocycles. The second-order valence-electron chi connectivity index (χ2n) is 9.30. The maximum absolute atomic E-state index is 12.5. The zero-order chi connectivity index (χ0) is 25.6. The summed E-state index contributed by atoms with van der Waals surface area (Å²) in [6.45, 7) is 7.22. The minimum absolute atomic E-state index is 0.0406. The molecule has 3 aromatic rings. The van der Waals surface area contributed by atoms with Gasteiger partial charge in [0.2, 0.25) is 10.0 Å². The van der Waals surface area contributed by atoms with Crippen LogP contribution in [0.2, 0.25) is 5.02 Å². The minimum Gasteiger partial charge on any atom is -0.491 e. The zero-order valence-electron chi connectivity index (χ0n) is 20.4. The summed E-state index contributed by atoms with van der Waals surface area (Å²) in [4.78, 5) is 12.5. The van der Waals surface area contributed by atoms with Gasteiger partial charge in [0.05, 0.1) is 25.0 Å². The number of carbonyl (C=O) groups is 1. The van der Waals surface area contributed by atoms with Crippen molar-refractivity contribution in [2.24, 2.45) is 0 Å². The lowest BCUT2D eigenvalue weighted by molar-refractivity contribution is 0.0946. The topological polar surface area (TPSA) is 75.7 Å². The van der Waals surface area contributed by atoms with Crippen molar-refractivity contribution in [3.63, 3.8) is 0 Å². The van der Waals surface area contributed by atoms with E-state index in [1.54, 1.807) is 48.5 Å². The normalized spacial score (nSPS) is 11.7. The van der Waals surface area contributed by atoms with Gasteiger partial charge in [-0.1, -0.05) is 68.8 Å². The molecule has 0 aromatic heterocycles. The molecule has 0 bridgehead atoms. The number of nitrogens with zero attached hydrogens (tertiary/aromatic N) is 1. The molecule has 0 saturated carbocycles. The van der Waals surface area contributed by atoms with Gasteiger partial charge in [-0.3, -0.25) is 9.10 Å². The molecule has 0 saturated heterocycles. The second-order valence-corrected chi connectivity index (χ2v) is 11.6. The molecule has 1 N–H and O–H groups in total. The van der Waals surface area contributed by atoms with E-state index >= 15 is 0 Å². The summed E-state index contributed by atoms with van der Waals surface area (Å²) < 4.78 is 31.9. The van der Waals surface area contributed by atoms with Crippen LogP contribution in [0.3, 0.4) is 0 Å². The summed E-state index contributed by atoms with van der Waals surface area (Å²) in [5, 5.41) is 3.31. The van der Waals surface area contributed by atoms with Crippen molar-refractivity contribution < 1.29 is 17.9 Å². The Labute approximate surface area is 212 Å². The number of halogens is 1. The molecule has 6 nitrogen and oxygen atoms in total. The molecule has 0 unspecified atom stereocenters. The van der Waals surface area contributed by atoms with Gasteiger partial charge in [-0.2, -0.15) is 0 Å². The largest absolute Gasteiger partial charge is 0.491 e. The molecule has 1 amide bonds. The number of ether oxygens (including phenoxy) is 1. The molecule has 0 spiro atoms. The SMILES string of the molecule is CC(C)(C)c1ccccc1OCCNC(=O)c1ccc(CN(c2cccc(Cl)c2)S(C)(=O)=O)cc1. The molecule has 0 aliphatic carbocycles. The molecular weight excluding hydrogens is 484 g/mol. The number of benzene rings is 3. The molecule has 0 atom stereocenters. The highest BCUT2D eigenvalue weighted by Crippen LogP contribution is 2.30. The third-order valence-corrected chi connectivity index (χ3v) is 6.75. The first-order chi connectivity index (χ1) is 16.4. The van der Waals surface area contributed by atoms with Crippen LogP contribution in [0.25, 0.3) is 0 Å². The van der Waals surface area contributed by atoms with E-state index in [0.717, 1.165) is 23.1 Å². The lowest BCUT2D eigenvalue weighted by atomic mass is 9.86. The van der Waals surface area contributed by atoms with Gasteiger partial charge in [0.15, 0.2) is 0 Å². The first kappa shape index (κ1) is 26.6. The van der Waals surface area contributed by atoms with Crippen molar-refractivity contribution in [1.82, 2.24) is 5.32 Å². The first-order valence-corrected chi connectivity index (χ1v) is 13.5. The van der Waals surface area contributed by atoms with Gasteiger partial charge in [-0.25, -0.2) is 8.42 Å². The molecule has 0 radical (unpaired) electrons. The van der Waals surface area contributed by atoms with Gasteiger partial charge in [-0.15, -0.1) is 0 Å². The Hall–Kier alpha value is -3.03. The number of sulfonamides is 1. The Kier molecular flexibility index (Phi) is 8.46. The number of hydrogen-bond acceptors (Lipinski definition) is 4. The van der Waals surface area contributed by atoms with E-state index < -0.39 is 10.0 Å².